The molecule has 0 bridgehead atoms. The molecule has 1 aliphatic rings. The summed E-state index contributed by atoms with van der Waals surface area (Å²) in [6.07, 6.45) is -0.359. The first-order valence-corrected chi connectivity index (χ1v) is 7.47. The van der Waals surface area contributed by atoms with Crippen LogP contribution in [-0.4, -0.2) is 48.6 Å². The van der Waals surface area contributed by atoms with Crippen LogP contribution in [0.3, 0.4) is 0 Å². The van der Waals surface area contributed by atoms with Crippen LogP contribution in [0.25, 0.3) is 0 Å². The van der Waals surface area contributed by atoms with Gasteiger partial charge in [-0.1, -0.05) is 13.8 Å². The summed E-state index contributed by atoms with van der Waals surface area (Å²) in [4.78, 5) is 18.4. The van der Waals surface area contributed by atoms with Crippen molar-refractivity contribution in [1.82, 2.24) is 15.2 Å². The van der Waals surface area contributed by atoms with E-state index in [4.69, 9.17) is 4.74 Å². The lowest BCUT2D eigenvalue weighted by atomic mass is 10.2. The van der Waals surface area contributed by atoms with E-state index in [0.717, 1.165) is 17.2 Å². The van der Waals surface area contributed by atoms with Crippen molar-refractivity contribution in [2.75, 3.05) is 26.7 Å². The van der Waals surface area contributed by atoms with Crippen molar-refractivity contribution in [2.24, 2.45) is 0 Å². The predicted molar refractivity (Wildman–Crippen MR) is 75.3 cm³/mol. The summed E-state index contributed by atoms with van der Waals surface area (Å²) >= 11 is 1.65. The van der Waals surface area contributed by atoms with Gasteiger partial charge in [0.1, 0.15) is 6.10 Å². The van der Waals surface area contributed by atoms with Gasteiger partial charge in [0, 0.05) is 31.4 Å². The molecule has 0 radical (unpaired) electrons. The SMILES string of the molecule is CC(C)c1nc(CN(C)C(=O)[C@@H]2CNCCO2)cs1. The van der Waals surface area contributed by atoms with Crippen LogP contribution in [-0.2, 0) is 16.1 Å². The Hall–Kier alpha value is -0.980. The first-order chi connectivity index (χ1) is 9.08. The number of aromatic nitrogens is 1. The fourth-order valence-corrected chi connectivity index (χ4v) is 2.78. The summed E-state index contributed by atoms with van der Waals surface area (Å²) in [7, 11) is 1.80. The van der Waals surface area contributed by atoms with Crippen molar-refractivity contribution < 1.29 is 9.53 Å². The maximum Gasteiger partial charge on any atom is 0.253 e. The van der Waals surface area contributed by atoms with E-state index < -0.39 is 0 Å². The number of nitrogens with zero attached hydrogens (tertiary/aromatic N) is 2. The zero-order chi connectivity index (χ0) is 13.8. The molecule has 2 rings (SSSR count). The standard InChI is InChI=1S/C13H21N3O2S/c1-9(2)12-15-10(8-19-12)7-16(3)13(17)11-6-14-4-5-18-11/h8-9,11,14H,4-7H2,1-3H3/t11-/m0/s1. The third-order valence-electron chi connectivity index (χ3n) is 3.04. The van der Waals surface area contributed by atoms with Gasteiger partial charge in [-0.25, -0.2) is 4.98 Å². The number of morpholine rings is 1. The zero-order valence-corrected chi connectivity index (χ0v) is 12.5. The van der Waals surface area contributed by atoms with E-state index in [1.807, 2.05) is 5.38 Å². The number of rotatable bonds is 4. The minimum absolute atomic E-state index is 0.0197. The van der Waals surface area contributed by atoms with Crippen molar-refractivity contribution in [3.8, 4) is 0 Å². The van der Waals surface area contributed by atoms with Crippen LogP contribution in [0.2, 0.25) is 0 Å². The van der Waals surface area contributed by atoms with Gasteiger partial charge in [-0.05, 0) is 0 Å². The number of carbonyl (C=O) groups is 1. The van der Waals surface area contributed by atoms with E-state index in [1.54, 1.807) is 23.3 Å². The number of nitrogens with one attached hydrogen (secondary N) is 1. The number of thiazole rings is 1. The molecule has 1 atom stereocenters. The maximum absolute atomic E-state index is 12.2. The van der Waals surface area contributed by atoms with Crippen molar-refractivity contribution in [1.29, 1.82) is 0 Å². The zero-order valence-electron chi connectivity index (χ0n) is 11.7. The van der Waals surface area contributed by atoms with Gasteiger partial charge in [0.25, 0.3) is 5.91 Å². The number of hydrogen-bond acceptors (Lipinski definition) is 5. The number of amides is 1. The van der Waals surface area contributed by atoms with E-state index in [1.165, 1.54) is 0 Å². The highest BCUT2D eigenvalue weighted by Gasteiger charge is 2.25. The van der Waals surface area contributed by atoms with Gasteiger partial charge in [0.15, 0.2) is 0 Å². The van der Waals surface area contributed by atoms with Gasteiger partial charge < -0.3 is 15.0 Å². The lowest BCUT2D eigenvalue weighted by Crippen LogP contribution is -2.48. The summed E-state index contributed by atoms with van der Waals surface area (Å²) < 4.78 is 5.47. The molecule has 1 aliphatic heterocycles. The van der Waals surface area contributed by atoms with Gasteiger partial charge >= 0.3 is 0 Å². The second kappa shape index (κ2) is 6.45. The van der Waals surface area contributed by atoms with Crippen LogP contribution in [0.15, 0.2) is 5.38 Å². The minimum Gasteiger partial charge on any atom is -0.366 e. The Morgan fingerprint density at radius 3 is 3.05 bits per heavy atom. The van der Waals surface area contributed by atoms with Gasteiger partial charge in [-0.15, -0.1) is 11.3 Å². The molecule has 2 heterocycles. The van der Waals surface area contributed by atoms with Crippen LogP contribution >= 0.6 is 11.3 Å². The van der Waals surface area contributed by atoms with Crippen LogP contribution < -0.4 is 5.32 Å². The molecule has 1 saturated heterocycles. The Labute approximate surface area is 118 Å². The molecule has 0 unspecified atom stereocenters. The van der Waals surface area contributed by atoms with Crippen molar-refractivity contribution >= 4 is 17.2 Å². The molecule has 0 aromatic carbocycles. The van der Waals surface area contributed by atoms with E-state index in [9.17, 15) is 4.79 Å². The monoisotopic (exact) mass is 283 g/mol. The predicted octanol–water partition coefficient (Wildman–Crippen LogP) is 1.21. The second-order valence-corrected chi connectivity index (χ2v) is 5.98. The molecule has 1 N–H and O–H groups in total. The normalized spacial score (nSPS) is 19.7. The molecule has 106 valence electrons. The Balaban J connectivity index is 1.91. The molecule has 1 aromatic rings. The van der Waals surface area contributed by atoms with Crippen molar-refractivity contribution in [3.05, 3.63) is 16.1 Å². The number of ether oxygens (including phenoxy) is 1. The molecule has 0 saturated carbocycles. The highest BCUT2D eigenvalue weighted by atomic mass is 32.1. The fraction of sp³-hybridized carbons (Fsp3) is 0.692. The minimum atomic E-state index is -0.359. The van der Waals surface area contributed by atoms with E-state index in [0.29, 0.717) is 25.6 Å². The van der Waals surface area contributed by atoms with Crippen LogP contribution in [0.5, 0.6) is 0 Å². The molecule has 0 spiro atoms. The molecular weight excluding hydrogens is 262 g/mol. The third kappa shape index (κ3) is 3.75. The largest absolute Gasteiger partial charge is 0.366 e. The lowest BCUT2D eigenvalue weighted by Gasteiger charge is -2.26. The molecule has 6 heteroatoms. The smallest absolute Gasteiger partial charge is 0.253 e. The summed E-state index contributed by atoms with van der Waals surface area (Å²) in [5.74, 6) is 0.455. The number of hydrogen-bond donors (Lipinski definition) is 1. The summed E-state index contributed by atoms with van der Waals surface area (Å²) in [6.45, 7) is 6.80. The van der Waals surface area contributed by atoms with E-state index in [-0.39, 0.29) is 12.0 Å². The second-order valence-electron chi connectivity index (χ2n) is 5.09. The summed E-state index contributed by atoms with van der Waals surface area (Å²) in [5.41, 5.74) is 0.952. The molecular formula is C13H21N3O2S. The lowest BCUT2D eigenvalue weighted by molar-refractivity contribution is -0.144. The molecule has 5 nitrogen and oxygen atoms in total. The highest BCUT2D eigenvalue weighted by Crippen LogP contribution is 2.20. The van der Waals surface area contributed by atoms with E-state index >= 15 is 0 Å². The molecule has 1 fully saturated rings. The molecule has 1 amide bonds. The van der Waals surface area contributed by atoms with Gasteiger partial charge in [0.2, 0.25) is 0 Å². The Kier molecular flexibility index (Phi) is 4.90. The van der Waals surface area contributed by atoms with E-state index in [2.05, 4.69) is 24.1 Å². The average Bonchev–Trinajstić information content (AvgIpc) is 2.87. The molecule has 19 heavy (non-hydrogen) atoms. The molecule has 1 aromatic heterocycles. The van der Waals surface area contributed by atoms with Gasteiger partial charge in [0.05, 0.1) is 23.9 Å². The topological polar surface area (TPSA) is 54.5 Å². The third-order valence-corrected chi connectivity index (χ3v) is 4.24. The molecule has 0 aliphatic carbocycles. The van der Waals surface area contributed by atoms with Gasteiger partial charge in [-0.2, -0.15) is 0 Å². The number of carbonyl (C=O) groups excluding carboxylic acids is 1. The van der Waals surface area contributed by atoms with Crippen LogP contribution in [0, 0.1) is 0 Å². The Bertz CT molecular complexity index is 427. The quantitative estimate of drug-likeness (QED) is 0.902. The first-order valence-electron chi connectivity index (χ1n) is 6.59. The van der Waals surface area contributed by atoms with Crippen molar-refractivity contribution in [3.63, 3.8) is 0 Å². The number of likely N-dealkylation sites (N-methyl/N-ethyl adjacent to an activating group) is 1. The Morgan fingerprint density at radius 2 is 2.47 bits per heavy atom. The first kappa shape index (κ1) is 14.4. The average molecular weight is 283 g/mol. The maximum atomic E-state index is 12.2. The van der Waals surface area contributed by atoms with Gasteiger partial charge in [-0.3, -0.25) is 4.79 Å². The van der Waals surface area contributed by atoms with Crippen molar-refractivity contribution in [2.45, 2.75) is 32.4 Å². The van der Waals surface area contributed by atoms with Crippen LogP contribution in [0.1, 0.15) is 30.5 Å². The fourth-order valence-electron chi connectivity index (χ4n) is 1.95. The Morgan fingerprint density at radius 1 is 1.68 bits per heavy atom. The highest BCUT2D eigenvalue weighted by molar-refractivity contribution is 7.09. The summed E-state index contributed by atoms with van der Waals surface area (Å²) in [6, 6.07) is 0. The van der Waals surface area contributed by atoms with Crippen LogP contribution in [0.4, 0.5) is 0 Å². The summed E-state index contributed by atoms with van der Waals surface area (Å²) in [5, 5.41) is 6.31.